The summed E-state index contributed by atoms with van der Waals surface area (Å²) in [5, 5.41) is 8.14. The molecule has 1 aromatic carbocycles. The van der Waals surface area contributed by atoms with Crippen molar-refractivity contribution >= 4 is 34.9 Å². The second-order valence-electron chi connectivity index (χ2n) is 16.0. The van der Waals surface area contributed by atoms with Crippen LogP contribution in [-0.2, 0) is 22.3 Å². The molecule has 57 heavy (non-hydrogen) atoms. The molecule has 1 saturated carbocycles. The predicted octanol–water partition coefficient (Wildman–Crippen LogP) is 6.87. The van der Waals surface area contributed by atoms with Crippen molar-refractivity contribution in [2.75, 3.05) is 37.3 Å². The number of pyridine rings is 2. The molecule has 0 radical (unpaired) electrons. The Bertz CT molecular complexity index is 2050. The van der Waals surface area contributed by atoms with Gasteiger partial charge in [-0.15, -0.1) is 0 Å². The third-order valence-electron chi connectivity index (χ3n) is 11.4. The molecule has 3 aliphatic rings. The molecule has 3 fully saturated rings. The molecule has 0 spiro atoms. The number of piperidine rings is 2. The smallest absolute Gasteiger partial charge is 0.433 e. The second kappa shape index (κ2) is 17.2. The lowest BCUT2D eigenvalue weighted by molar-refractivity contribution is -0.141. The molecule has 7 rings (SSSR count). The van der Waals surface area contributed by atoms with E-state index in [1.54, 1.807) is 16.7 Å². The first-order chi connectivity index (χ1) is 27.3. The highest BCUT2D eigenvalue weighted by Gasteiger charge is 2.33. The van der Waals surface area contributed by atoms with Gasteiger partial charge in [0.25, 0.3) is 5.91 Å². The molecule has 1 atom stereocenters. The van der Waals surface area contributed by atoms with Gasteiger partial charge in [-0.1, -0.05) is 18.2 Å². The normalized spacial score (nSPS) is 21.2. The second-order valence-corrected chi connectivity index (χ2v) is 16.0. The number of benzene rings is 1. The summed E-state index contributed by atoms with van der Waals surface area (Å²) in [5.74, 6) is -0.114. The number of hydrogen-bond acceptors (Lipinski definition) is 9. The Morgan fingerprint density at radius 1 is 0.982 bits per heavy atom. The lowest BCUT2D eigenvalue weighted by Crippen LogP contribution is -2.47. The predicted molar refractivity (Wildman–Crippen MR) is 210 cm³/mol. The molecule has 2 aliphatic heterocycles. The minimum atomic E-state index is -4.63. The van der Waals surface area contributed by atoms with E-state index in [2.05, 4.69) is 49.9 Å². The third-order valence-corrected chi connectivity index (χ3v) is 11.4. The monoisotopic (exact) mass is 788 g/mol. The summed E-state index contributed by atoms with van der Waals surface area (Å²) < 4.78 is 47.5. The van der Waals surface area contributed by atoms with Crippen molar-refractivity contribution in [3.63, 3.8) is 0 Å². The largest absolute Gasteiger partial charge is 0.490 e. The molecule has 1 aliphatic carbocycles. The number of rotatable bonds is 12. The van der Waals surface area contributed by atoms with Gasteiger partial charge in [-0.2, -0.15) is 13.2 Å². The molecule has 15 heteroatoms. The molecule has 3 aromatic heterocycles. The third kappa shape index (κ3) is 10.1. The van der Waals surface area contributed by atoms with Crippen molar-refractivity contribution in [3.05, 3.63) is 83.4 Å². The van der Waals surface area contributed by atoms with Crippen LogP contribution in [0, 0.1) is 5.92 Å². The van der Waals surface area contributed by atoms with Crippen LogP contribution in [0.3, 0.4) is 0 Å². The van der Waals surface area contributed by atoms with Crippen molar-refractivity contribution in [3.8, 4) is 5.75 Å². The fraction of sp³-hybridized carbons (Fsp3) is 0.500. The van der Waals surface area contributed by atoms with E-state index in [0.717, 1.165) is 82.2 Å². The minimum Gasteiger partial charge on any atom is -0.490 e. The van der Waals surface area contributed by atoms with Crippen LogP contribution in [0.15, 0.2) is 60.9 Å². The van der Waals surface area contributed by atoms with E-state index in [1.165, 1.54) is 17.7 Å². The Morgan fingerprint density at radius 3 is 2.40 bits per heavy atom. The molecule has 12 nitrogen and oxygen atoms in total. The van der Waals surface area contributed by atoms with Crippen molar-refractivity contribution in [1.29, 1.82) is 0 Å². The van der Waals surface area contributed by atoms with Gasteiger partial charge in [-0.3, -0.25) is 24.6 Å². The highest BCUT2D eigenvalue weighted by molar-refractivity contribution is 6.06. The van der Waals surface area contributed by atoms with E-state index in [9.17, 15) is 27.6 Å². The van der Waals surface area contributed by atoms with Gasteiger partial charge in [-0.25, -0.2) is 9.97 Å². The van der Waals surface area contributed by atoms with Gasteiger partial charge in [0.15, 0.2) is 0 Å². The van der Waals surface area contributed by atoms with Crippen LogP contribution in [0.25, 0.3) is 5.65 Å². The van der Waals surface area contributed by atoms with Crippen molar-refractivity contribution < 1.29 is 32.3 Å². The zero-order valence-electron chi connectivity index (χ0n) is 32.6. The maximum Gasteiger partial charge on any atom is 0.433 e. The molecule has 3 N–H and O–H groups in total. The number of alkyl halides is 3. The highest BCUT2D eigenvalue weighted by Crippen LogP contribution is 2.37. The van der Waals surface area contributed by atoms with E-state index >= 15 is 0 Å². The van der Waals surface area contributed by atoms with Gasteiger partial charge in [0, 0.05) is 55.6 Å². The number of hydrogen-bond donors (Lipinski definition) is 3. The summed E-state index contributed by atoms with van der Waals surface area (Å²) in [6, 6.07) is 13.5. The summed E-state index contributed by atoms with van der Waals surface area (Å²) in [7, 11) is 2.26. The number of imidazole rings is 1. The van der Waals surface area contributed by atoms with Crippen molar-refractivity contribution in [2.45, 2.75) is 102 Å². The summed E-state index contributed by atoms with van der Waals surface area (Å²) in [5.41, 5.74) is 2.80. The van der Waals surface area contributed by atoms with Gasteiger partial charge in [0.05, 0.1) is 17.4 Å². The van der Waals surface area contributed by atoms with Gasteiger partial charge in [0.1, 0.15) is 29.0 Å². The number of carbonyl (C=O) groups is 3. The van der Waals surface area contributed by atoms with Gasteiger partial charge < -0.3 is 24.7 Å². The van der Waals surface area contributed by atoms with Crippen LogP contribution in [0.1, 0.15) is 98.4 Å². The SMILES string of the molecule is CC(C)Oc1cc2nc(C3CCC(CN(C)C4CCN(Cc5ccc(NC6CCC(=O)NC6=O)cc5)CC4)CC3)cn2cc1C(=O)Nc1cccc(C(F)(F)F)n1. The number of likely N-dealkylation sites (tertiary alicyclic amines) is 1. The Hall–Kier alpha value is -5.02. The van der Waals surface area contributed by atoms with E-state index in [0.29, 0.717) is 36.2 Å². The first-order valence-corrected chi connectivity index (χ1v) is 19.9. The quantitative estimate of drug-likeness (QED) is 0.132. The molecule has 0 bridgehead atoms. The van der Waals surface area contributed by atoms with E-state index < -0.39 is 17.8 Å². The van der Waals surface area contributed by atoms with Crippen LogP contribution >= 0.6 is 0 Å². The Balaban J connectivity index is 0.886. The number of amides is 3. The molecule has 2 saturated heterocycles. The molecule has 3 amide bonds. The summed E-state index contributed by atoms with van der Waals surface area (Å²) in [6.45, 7) is 7.72. The lowest BCUT2D eigenvalue weighted by Gasteiger charge is -2.39. The molecule has 4 aromatic rings. The molecular weight excluding hydrogens is 738 g/mol. The van der Waals surface area contributed by atoms with Crippen LogP contribution in [0.4, 0.5) is 24.7 Å². The number of halogens is 3. The first-order valence-electron chi connectivity index (χ1n) is 19.9. The summed E-state index contributed by atoms with van der Waals surface area (Å²) in [6.07, 6.45) is 6.05. The number of fused-ring (bicyclic) bond motifs is 1. The molecule has 5 heterocycles. The minimum absolute atomic E-state index is 0.173. The average molecular weight is 789 g/mol. The Morgan fingerprint density at radius 2 is 1.72 bits per heavy atom. The van der Waals surface area contributed by atoms with Crippen molar-refractivity contribution in [1.82, 2.24) is 29.5 Å². The zero-order valence-corrected chi connectivity index (χ0v) is 32.6. The number of aromatic nitrogens is 3. The molecular formula is C42H51F3N8O4. The number of anilines is 2. The van der Waals surface area contributed by atoms with E-state index in [-0.39, 0.29) is 41.3 Å². The van der Waals surface area contributed by atoms with Crippen LogP contribution < -0.4 is 20.7 Å². The zero-order chi connectivity index (χ0) is 40.3. The number of carbonyl (C=O) groups excluding carboxylic acids is 3. The number of nitrogens with one attached hydrogen (secondary N) is 3. The number of nitrogens with zero attached hydrogens (tertiary/aromatic N) is 5. The summed E-state index contributed by atoms with van der Waals surface area (Å²) in [4.78, 5) is 50.5. The highest BCUT2D eigenvalue weighted by atomic mass is 19.4. The fourth-order valence-corrected chi connectivity index (χ4v) is 8.31. The van der Waals surface area contributed by atoms with Crippen LogP contribution in [0.5, 0.6) is 5.75 Å². The van der Waals surface area contributed by atoms with Crippen LogP contribution in [0.2, 0.25) is 0 Å². The van der Waals surface area contributed by atoms with Crippen molar-refractivity contribution in [2.24, 2.45) is 5.92 Å². The maximum atomic E-state index is 13.4. The topological polar surface area (TPSA) is 133 Å². The maximum absolute atomic E-state index is 13.4. The van der Waals surface area contributed by atoms with Gasteiger partial charge >= 0.3 is 6.18 Å². The first kappa shape index (κ1) is 40.2. The number of imide groups is 1. The average Bonchev–Trinajstić information content (AvgIpc) is 3.59. The molecule has 1 unspecified atom stereocenters. The lowest BCUT2D eigenvalue weighted by atomic mass is 9.80. The van der Waals surface area contributed by atoms with Crippen LogP contribution in [-0.4, -0.2) is 86.8 Å². The summed E-state index contributed by atoms with van der Waals surface area (Å²) >= 11 is 0. The van der Waals surface area contributed by atoms with Gasteiger partial charge in [0.2, 0.25) is 11.8 Å². The standard InChI is InChI=1S/C42H51F3N8O4/c1-26(2)57-35-21-38-47-34(25-53(38)24-32(35)40(55)49-37-6-4-5-36(48-37)42(43,44)45)29-11-7-27(8-12-29)22-51(3)31-17-19-52(20-18-31)23-28-9-13-30(14-10-28)46-33-15-16-39(54)50-41(33)56/h4-6,9-10,13-14,21,24-27,29,31,33,46H,7-8,11-12,15-20,22-23H2,1-3H3,(H,48,49,55)(H,50,54,56). The van der Waals surface area contributed by atoms with E-state index in [4.69, 9.17) is 9.72 Å². The van der Waals surface area contributed by atoms with Gasteiger partial charge in [-0.05, 0) is 115 Å². The Kier molecular flexibility index (Phi) is 12.1. The number of ether oxygens (including phenoxy) is 1. The molecule has 304 valence electrons. The Labute approximate surface area is 330 Å². The fourth-order valence-electron chi connectivity index (χ4n) is 8.31. The van der Waals surface area contributed by atoms with E-state index in [1.807, 2.05) is 32.2 Å².